The van der Waals surface area contributed by atoms with Gasteiger partial charge >= 0.3 is 0 Å². The van der Waals surface area contributed by atoms with Crippen molar-refractivity contribution in [2.75, 3.05) is 6.54 Å². The summed E-state index contributed by atoms with van der Waals surface area (Å²) in [5, 5.41) is 15.5. The van der Waals surface area contributed by atoms with Crippen LogP contribution in [0, 0.1) is 5.92 Å². The first-order chi connectivity index (χ1) is 8.27. The second-order valence-corrected chi connectivity index (χ2v) is 6.11. The lowest BCUT2D eigenvalue weighted by molar-refractivity contribution is 0.164. The molecule has 0 spiro atoms. The number of hydrogen-bond donors (Lipinski definition) is 2. The van der Waals surface area contributed by atoms with Crippen molar-refractivity contribution in [3.8, 4) is 0 Å². The maximum absolute atomic E-state index is 10.0. The molecule has 17 heavy (non-hydrogen) atoms. The summed E-state index contributed by atoms with van der Waals surface area (Å²) < 4.78 is 0. The van der Waals surface area contributed by atoms with Crippen molar-refractivity contribution in [2.45, 2.75) is 51.2 Å². The zero-order chi connectivity index (χ0) is 12.1. The van der Waals surface area contributed by atoms with Crippen LogP contribution in [0.5, 0.6) is 0 Å². The number of thiophene rings is 1. The first-order valence-corrected chi connectivity index (χ1v) is 7.60. The van der Waals surface area contributed by atoms with E-state index in [1.165, 1.54) is 32.1 Å². The van der Waals surface area contributed by atoms with E-state index in [-0.39, 0.29) is 6.10 Å². The van der Waals surface area contributed by atoms with Gasteiger partial charge in [-0.15, -0.1) is 11.3 Å². The summed E-state index contributed by atoms with van der Waals surface area (Å²) in [6.07, 6.45) is 6.52. The molecule has 1 aromatic rings. The van der Waals surface area contributed by atoms with Gasteiger partial charge < -0.3 is 10.4 Å². The number of nitrogens with one attached hydrogen (secondary N) is 1. The molecule has 0 bridgehead atoms. The van der Waals surface area contributed by atoms with Crippen LogP contribution >= 0.6 is 11.3 Å². The summed E-state index contributed by atoms with van der Waals surface area (Å²) in [5.41, 5.74) is 0. The highest BCUT2D eigenvalue weighted by Gasteiger charge is 2.20. The highest BCUT2D eigenvalue weighted by atomic mass is 32.1. The van der Waals surface area contributed by atoms with E-state index < -0.39 is 0 Å². The van der Waals surface area contributed by atoms with Crippen LogP contribution in [0.1, 0.15) is 50.0 Å². The van der Waals surface area contributed by atoms with E-state index in [0.717, 1.165) is 10.8 Å². The fourth-order valence-electron chi connectivity index (χ4n) is 2.68. The summed E-state index contributed by atoms with van der Waals surface area (Å²) in [7, 11) is 0. The molecule has 1 heterocycles. The SMILES string of the molecule is C[C@@H](NCC(O)c1cccs1)C1CCCCC1. The predicted octanol–water partition coefficient (Wildman–Crippen LogP) is 3.34. The maximum Gasteiger partial charge on any atom is 0.101 e. The van der Waals surface area contributed by atoms with Gasteiger partial charge in [0.05, 0.1) is 0 Å². The van der Waals surface area contributed by atoms with Crippen LogP contribution in [-0.2, 0) is 0 Å². The Balaban J connectivity index is 1.73. The number of hydrogen-bond acceptors (Lipinski definition) is 3. The summed E-state index contributed by atoms with van der Waals surface area (Å²) in [6, 6.07) is 4.53. The van der Waals surface area contributed by atoms with E-state index in [1.807, 2.05) is 17.5 Å². The molecule has 0 amide bonds. The van der Waals surface area contributed by atoms with Gasteiger partial charge in [0.25, 0.3) is 0 Å². The molecule has 3 heteroatoms. The minimum absolute atomic E-state index is 0.346. The Morgan fingerprint density at radius 3 is 2.82 bits per heavy atom. The molecule has 0 saturated heterocycles. The molecule has 1 fully saturated rings. The van der Waals surface area contributed by atoms with Gasteiger partial charge in [0, 0.05) is 17.5 Å². The van der Waals surface area contributed by atoms with Gasteiger partial charge in [-0.05, 0) is 37.1 Å². The van der Waals surface area contributed by atoms with E-state index in [2.05, 4.69) is 12.2 Å². The third kappa shape index (κ3) is 3.80. The van der Waals surface area contributed by atoms with Crippen molar-refractivity contribution in [2.24, 2.45) is 5.92 Å². The number of aliphatic hydroxyl groups is 1. The first-order valence-electron chi connectivity index (χ1n) is 6.72. The Labute approximate surface area is 108 Å². The van der Waals surface area contributed by atoms with Gasteiger partial charge in [0.2, 0.25) is 0 Å². The Morgan fingerprint density at radius 2 is 2.18 bits per heavy atom. The third-order valence-electron chi connectivity index (χ3n) is 3.86. The molecule has 0 radical (unpaired) electrons. The Kier molecular flexibility index (Phi) is 5.01. The van der Waals surface area contributed by atoms with Crippen LogP contribution in [0.4, 0.5) is 0 Å². The molecule has 1 aliphatic carbocycles. The minimum atomic E-state index is -0.346. The van der Waals surface area contributed by atoms with Crippen molar-refractivity contribution >= 4 is 11.3 Å². The van der Waals surface area contributed by atoms with Gasteiger partial charge in [0.1, 0.15) is 6.10 Å². The molecule has 0 aromatic carbocycles. The lowest BCUT2D eigenvalue weighted by Gasteiger charge is -2.29. The first kappa shape index (κ1) is 13.1. The average molecular weight is 253 g/mol. The Hall–Kier alpha value is -0.380. The molecule has 96 valence electrons. The van der Waals surface area contributed by atoms with Crippen molar-refractivity contribution in [3.05, 3.63) is 22.4 Å². The predicted molar refractivity (Wildman–Crippen MR) is 73.3 cm³/mol. The van der Waals surface area contributed by atoms with Crippen LogP contribution < -0.4 is 5.32 Å². The molecular formula is C14H23NOS. The monoisotopic (exact) mass is 253 g/mol. The maximum atomic E-state index is 10.0. The molecule has 0 aliphatic heterocycles. The van der Waals surface area contributed by atoms with E-state index in [9.17, 15) is 5.11 Å². The lowest BCUT2D eigenvalue weighted by atomic mass is 9.84. The standard InChI is InChI=1S/C14H23NOS/c1-11(12-6-3-2-4-7-12)15-10-13(16)14-8-5-9-17-14/h5,8-9,11-13,15-16H,2-4,6-7,10H2,1H3/t11-,13?/m1/s1. The topological polar surface area (TPSA) is 32.3 Å². The molecule has 1 aromatic heterocycles. The van der Waals surface area contributed by atoms with Gasteiger partial charge in [-0.2, -0.15) is 0 Å². The van der Waals surface area contributed by atoms with Crippen LogP contribution in [0.3, 0.4) is 0 Å². The van der Waals surface area contributed by atoms with Gasteiger partial charge in [-0.1, -0.05) is 25.3 Å². The summed E-state index contributed by atoms with van der Waals surface area (Å²) in [5.74, 6) is 0.805. The van der Waals surface area contributed by atoms with Crippen LogP contribution in [0.25, 0.3) is 0 Å². The van der Waals surface area contributed by atoms with Crippen molar-refractivity contribution in [1.29, 1.82) is 0 Å². The second-order valence-electron chi connectivity index (χ2n) is 5.13. The molecular weight excluding hydrogens is 230 g/mol. The van der Waals surface area contributed by atoms with Crippen molar-refractivity contribution < 1.29 is 5.11 Å². The summed E-state index contributed by atoms with van der Waals surface area (Å²) in [6.45, 7) is 2.94. The highest BCUT2D eigenvalue weighted by molar-refractivity contribution is 7.10. The smallest absolute Gasteiger partial charge is 0.101 e. The average Bonchev–Trinajstić information content (AvgIpc) is 2.90. The third-order valence-corrected chi connectivity index (χ3v) is 4.84. The minimum Gasteiger partial charge on any atom is -0.386 e. The number of rotatable bonds is 5. The van der Waals surface area contributed by atoms with Gasteiger partial charge in [-0.3, -0.25) is 0 Å². The number of aliphatic hydroxyl groups excluding tert-OH is 1. The molecule has 1 unspecified atom stereocenters. The van der Waals surface area contributed by atoms with Gasteiger partial charge in [0.15, 0.2) is 0 Å². The van der Waals surface area contributed by atoms with E-state index >= 15 is 0 Å². The molecule has 2 atom stereocenters. The molecule has 2 rings (SSSR count). The fraction of sp³-hybridized carbons (Fsp3) is 0.714. The highest BCUT2D eigenvalue weighted by Crippen LogP contribution is 2.26. The molecule has 1 aliphatic rings. The van der Waals surface area contributed by atoms with Gasteiger partial charge in [-0.25, -0.2) is 0 Å². The zero-order valence-corrected chi connectivity index (χ0v) is 11.4. The Morgan fingerprint density at radius 1 is 1.41 bits per heavy atom. The normalized spacial score (nSPS) is 21.3. The fourth-order valence-corrected chi connectivity index (χ4v) is 3.39. The largest absolute Gasteiger partial charge is 0.386 e. The zero-order valence-electron chi connectivity index (χ0n) is 10.6. The lowest BCUT2D eigenvalue weighted by Crippen LogP contribution is -2.37. The van der Waals surface area contributed by atoms with Crippen LogP contribution in [0.2, 0.25) is 0 Å². The molecule has 2 nitrogen and oxygen atoms in total. The molecule has 2 N–H and O–H groups in total. The Bertz CT molecular complexity index is 306. The molecule has 1 saturated carbocycles. The van der Waals surface area contributed by atoms with Crippen LogP contribution in [-0.4, -0.2) is 17.7 Å². The van der Waals surface area contributed by atoms with Crippen LogP contribution in [0.15, 0.2) is 17.5 Å². The summed E-state index contributed by atoms with van der Waals surface area (Å²) in [4.78, 5) is 1.06. The van der Waals surface area contributed by atoms with E-state index in [4.69, 9.17) is 0 Å². The summed E-state index contributed by atoms with van der Waals surface area (Å²) >= 11 is 1.63. The second kappa shape index (κ2) is 6.53. The van der Waals surface area contributed by atoms with E-state index in [1.54, 1.807) is 11.3 Å². The quantitative estimate of drug-likeness (QED) is 0.843. The van der Waals surface area contributed by atoms with Crippen molar-refractivity contribution in [1.82, 2.24) is 5.32 Å². The van der Waals surface area contributed by atoms with E-state index in [0.29, 0.717) is 12.6 Å². The van der Waals surface area contributed by atoms with Crippen molar-refractivity contribution in [3.63, 3.8) is 0 Å².